The molecular formula is C17H25N5O. The average molecular weight is 315 g/mol. The quantitative estimate of drug-likeness (QED) is 0.894. The van der Waals surface area contributed by atoms with Gasteiger partial charge in [0.25, 0.3) is 5.91 Å². The van der Waals surface area contributed by atoms with Crippen molar-refractivity contribution in [2.75, 3.05) is 13.1 Å². The van der Waals surface area contributed by atoms with Crippen molar-refractivity contribution < 1.29 is 4.79 Å². The number of nitrogens with zero attached hydrogens (tertiary/aromatic N) is 3. The molecule has 1 fully saturated rings. The van der Waals surface area contributed by atoms with Gasteiger partial charge in [-0.3, -0.25) is 9.89 Å². The van der Waals surface area contributed by atoms with Crippen LogP contribution in [0, 0.1) is 6.92 Å². The Bertz CT molecular complexity index is 694. The predicted molar refractivity (Wildman–Crippen MR) is 88.5 cm³/mol. The van der Waals surface area contributed by atoms with Crippen molar-refractivity contribution in [3.05, 3.63) is 35.2 Å². The van der Waals surface area contributed by atoms with E-state index in [1.165, 1.54) is 0 Å². The molecule has 2 aromatic rings. The smallest absolute Gasteiger partial charge is 0.274 e. The topological polar surface area (TPSA) is 77.7 Å². The Morgan fingerprint density at radius 1 is 1.39 bits per heavy atom. The highest BCUT2D eigenvalue weighted by molar-refractivity contribution is 5.92. The zero-order valence-corrected chi connectivity index (χ0v) is 14.3. The molecule has 124 valence electrons. The zero-order valence-electron chi connectivity index (χ0n) is 14.3. The van der Waals surface area contributed by atoms with Crippen LogP contribution in [0.25, 0.3) is 0 Å². The molecular weight excluding hydrogens is 290 g/mol. The maximum Gasteiger partial charge on any atom is 0.274 e. The maximum absolute atomic E-state index is 12.7. The first kappa shape index (κ1) is 15.8. The van der Waals surface area contributed by atoms with Crippen molar-refractivity contribution in [1.29, 1.82) is 0 Å². The fraction of sp³-hybridized carbons (Fsp3) is 0.588. The zero-order chi connectivity index (χ0) is 16.6. The Morgan fingerprint density at radius 3 is 2.78 bits per heavy atom. The normalized spacial score (nSPS) is 19.1. The third kappa shape index (κ3) is 3.30. The molecule has 1 aliphatic rings. The molecule has 0 radical (unpaired) electrons. The summed E-state index contributed by atoms with van der Waals surface area (Å²) >= 11 is 0. The molecule has 0 saturated carbocycles. The Kier molecular flexibility index (Phi) is 4.00. The van der Waals surface area contributed by atoms with Crippen molar-refractivity contribution in [3.8, 4) is 0 Å². The number of aryl methyl sites for hydroxylation is 1. The van der Waals surface area contributed by atoms with Gasteiger partial charge in [-0.25, -0.2) is 4.98 Å². The number of nitrogens with one attached hydrogen (secondary N) is 2. The van der Waals surface area contributed by atoms with E-state index >= 15 is 0 Å². The number of amides is 1. The van der Waals surface area contributed by atoms with Crippen LogP contribution < -0.4 is 0 Å². The van der Waals surface area contributed by atoms with E-state index in [1.54, 1.807) is 0 Å². The van der Waals surface area contributed by atoms with Gasteiger partial charge >= 0.3 is 0 Å². The molecule has 1 unspecified atom stereocenters. The van der Waals surface area contributed by atoms with E-state index in [0.29, 0.717) is 12.2 Å². The highest BCUT2D eigenvalue weighted by Gasteiger charge is 2.29. The number of hydrogen-bond donors (Lipinski definition) is 2. The van der Waals surface area contributed by atoms with Crippen molar-refractivity contribution in [1.82, 2.24) is 25.1 Å². The molecule has 1 amide bonds. The van der Waals surface area contributed by atoms with Crippen LogP contribution in [0.4, 0.5) is 0 Å². The Labute approximate surface area is 136 Å². The molecule has 2 N–H and O–H groups in total. The highest BCUT2D eigenvalue weighted by atomic mass is 16.2. The molecule has 1 aliphatic heterocycles. The monoisotopic (exact) mass is 315 g/mol. The number of carbonyl (C=O) groups is 1. The van der Waals surface area contributed by atoms with Gasteiger partial charge in [-0.1, -0.05) is 20.8 Å². The molecule has 6 heteroatoms. The lowest BCUT2D eigenvalue weighted by molar-refractivity contribution is 0.0699. The van der Waals surface area contributed by atoms with E-state index < -0.39 is 0 Å². The van der Waals surface area contributed by atoms with Crippen molar-refractivity contribution in [3.63, 3.8) is 0 Å². The minimum Gasteiger partial charge on any atom is -0.346 e. The van der Waals surface area contributed by atoms with Gasteiger partial charge in [0.2, 0.25) is 0 Å². The lowest BCUT2D eigenvalue weighted by Gasteiger charge is -2.31. The SMILES string of the molecule is Cc1cnc(C2CCCN(C(=O)c3cc(C(C)(C)C)[nH]n3)C2)[nH]1. The summed E-state index contributed by atoms with van der Waals surface area (Å²) in [6, 6.07) is 1.88. The van der Waals surface area contributed by atoms with Gasteiger partial charge in [0, 0.05) is 42.0 Å². The van der Waals surface area contributed by atoms with E-state index in [9.17, 15) is 4.79 Å². The van der Waals surface area contributed by atoms with Gasteiger partial charge in [0.05, 0.1) is 0 Å². The number of imidazole rings is 1. The summed E-state index contributed by atoms with van der Waals surface area (Å²) in [4.78, 5) is 22.4. The lowest BCUT2D eigenvalue weighted by Crippen LogP contribution is -2.39. The van der Waals surface area contributed by atoms with Gasteiger partial charge in [-0.2, -0.15) is 5.10 Å². The van der Waals surface area contributed by atoms with E-state index in [0.717, 1.165) is 36.6 Å². The van der Waals surface area contributed by atoms with E-state index in [1.807, 2.05) is 24.1 Å². The van der Waals surface area contributed by atoms with Crippen molar-refractivity contribution in [2.45, 2.75) is 51.9 Å². The molecule has 3 heterocycles. The second-order valence-corrected chi connectivity index (χ2v) is 7.46. The van der Waals surface area contributed by atoms with Crippen molar-refractivity contribution in [2.24, 2.45) is 0 Å². The standard InChI is InChI=1S/C17H25N5O/c1-11-9-18-15(19-11)12-6-5-7-22(10-12)16(23)13-8-14(21-20-13)17(2,3)4/h8-9,12H,5-7,10H2,1-4H3,(H,18,19)(H,20,21). The van der Waals surface area contributed by atoms with Gasteiger partial charge in [0.15, 0.2) is 0 Å². The first-order valence-electron chi connectivity index (χ1n) is 8.21. The minimum absolute atomic E-state index is 0.00438. The maximum atomic E-state index is 12.7. The average Bonchev–Trinajstić information content (AvgIpc) is 3.15. The van der Waals surface area contributed by atoms with Gasteiger partial charge in [0.1, 0.15) is 11.5 Å². The summed E-state index contributed by atoms with van der Waals surface area (Å²) in [5.74, 6) is 1.27. The lowest BCUT2D eigenvalue weighted by atomic mass is 9.92. The molecule has 23 heavy (non-hydrogen) atoms. The van der Waals surface area contributed by atoms with E-state index in [2.05, 4.69) is 40.9 Å². The summed E-state index contributed by atoms with van der Waals surface area (Å²) in [5.41, 5.74) is 2.51. The molecule has 0 aliphatic carbocycles. The summed E-state index contributed by atoms with van der Waals surface area (Å²) in [6.07, 6.45) is 3.90. The fourth-order valence-corrected chi connectivity index (χ4v) is 3.00. The van der Waals surface area contributed by atoms with Crippen LogP contribution in [-0.2, 0) is 5.41 Å². The summed E-state index contributed by atoms with van der Waals surface area (Å²) < 4.78 is 0. The number of carbonyl (C=O) groups excluding carboxylic acids is 1. The minimum atomic E-state index is -0.0400. The van der Waals surface area contributed by atoms with E-state index in [-0.39, 0.29) is 17.2 Å². The third-order valence-corrected chi connectivity index (χ3v) is 4.42. The van der Waals surface area contributed by atoms with Crippen LogP contribution in [-0.4, -0.2) is 44.1 Å². The van der Waals surface area contributed by atoms with Crippen LogP contribution in [0.3, 0.4) is 0 Å². The van der Waals surface area contributed by atoms with Crippen LogP contribution in [0.15, 0.2) is 12.3 Å². The first-order chi connectivity index (χ1) is 10.8. The summed E-state index contributed by atoms with van der Waals surface area (Å²) in [6.45, 7) is 9.79. The van der Waals surface area contributed by atoms with Crippen molar-refractivity contribution >= 4 is 5.91 Å². The molecule has 1 saturated heterocycles. The Hall–Kier alpha value is -2.11. The van der Waals surface area contributed by atoms with Gasteiger partial charge < -0.3 is 9.88 Å². The number of piperidine rings is 1. The van der Waals surface area contributed by atoms with Crippen LogP contribution in [0.2, 0.25) is 0 Å². The number of likely N-dealkylation sites (tertiary alicyclic amines) is 1. The Balaban J connectivity index is 1.73. The van der Waals surface area contributed by atoms with E-state index in [4.69, 9.17) is 0 Å². The number of aromatic nitrogens is 4. The second kappa shape index (κ2) is 5.83. The van der Waals surface area contributed by atoms with Crippen LogP contribution in [0.5, 0.6) is 0 Å². The summed E-state index contributed by atoms with van der Waals surface area (Å²) in [5, 5.41) is 7.22. The molecule has 2 aromatic heterocycles. The largest absolute Gasteiger partial charge is 0.346 e. The molecule has 6 nitrogen and oxygen atoms in total. The number of aromatic amines is 2. The fourth-order valence-electron chi connectivity index (χ4n) is 3.00. The van der Waals surface area contributed by atoms with Gasteiger partial charge in [-0.05, 0) is 25.8 Å². The summed E-state index contributed by atoms with van der Waals surface area (Å²) in [7, 11) is 0. The van der Waals surface area contributed by atoms with Crippen LogP contribution in [0.1, 0.15) is 67.2 Å². The number of rotatable bonds is 2. The first-order valence-corrected chi connectivity index (χ1v) is 8.21. The number of H-pyrrole nitrogens is 2. The molecule has 1 atom stereocenters. The molecule has 3 rings (SSSR count). The van der Waals surface area contributed by atoms with Gasteiger partial charge in [-0.15, -0.1) is 0 Å². The number of hydrogen-bond acceptors (Lipinski definition) is 3. The van der Waals surface area contributed by atoms with Crippen LogP contribution >= 0.6 is 0 Å². The molecule has 0 bridgehead atoms. The molecule has 0 aromatic carbocycles. The Morgan fingerprint density at radius 2 is 2.17 bits per heavy atom. The highest BCUT2D eigenvalue weighted by Crippen LogP contribution is 2.26. The molecule has 0 spiro atoms. The second-order valence-electron chi connectivity index (χ2n) is 7.46. The predicted octanol–water partition coefficient (Wildman–Crippen LogP) is 2.76. The third-order valence-electron chi connectivity index (χ3n) is 4.42.